The van der Waals surface area contributed by atoms with Crippen molar-refractivity contribution in [2.45, 2.75) is 25.7 Å². The lowest BCUT2D eigenvalue weighted by molar-refractivity contribution is 0.412. The van der Waals surface area contributed by atoms with Crippen molar-refractivity contribution in [3.63, 3.8) is 0 Å². The standard InChI is InChI=1S/C15H16IN3O/c1-8-7-10(5-6-11(8)20-2)15-18-13(9-3-4-9)12(16)14(17)19-15/h5-7,9H,3-4H2,1-2H3,(H2,17,18,19). The molecule has 0 aliphatic heterocycles. The normalized spacial score (nSPS) is 14.3. The van der Waals surface area contributed by atoms with Crippen LogP contribution in [-0.4, -0.2) is 17.1 Å². The van der Waals surface area contributed by atoms with Gasteiger partial charge in [0.2, 0.25) is 0 Å². The second-order valence-corrected chi connectivity index (χ2v) is 6.17. The number of halogens is 1. The molecule has 0 saturated heterocycles. The molecule has 1 fully saturated rings. The van der Waals surface area contributed by atoms with Gasteiger partial charge in [-0.1, -0.05) is 0 Å². The molecule has 1 heterocycles. The third-order valence-corrected chi connectivity index (χ3v) is 4.62. The number of rotatable bonds is 3. The summed E-state index contributed by atoms with van der Waals surface area (Å²) in [5, 5.41) is 0. The lowest BCUT2D eigenvalue weighted by Gasteiger charge is -2.10. The van der Waals surface area contributed by atoms with E-state index in [1.807, 2.05) is 25.1 Å². The molecule has 1 saturated carbocycles. The van der Waals surface area contributed by atoms with Gasteiger partial charge in [-0.3, -0.25) is 0 Å². The minimum absolute atomic E-state index is 0.560. The molecule has 0 radical (unpaired) electrons. The van der Waals surface area contributed by atoms with Crippen molar-refractivity contribution in [2.24, 2.45) is 0 Å². The largest absolute Gasteiger partial charge is 0.496 e. The van der Waals surface area contributed by atoms with E-state index in [4.69, 9.17) is 15.5 Å². The fourth-order valence-electron chi connectivity index (χ4n) is 2.26. The zero-order valence-electron chi connectivity index (χ0n) is 11.5. The van der Waals surface area contributed by atoms with Crippen LogP contribution >= 0.6 is 22.6 Å². The molecular weight excluding hydrogens is 365 g/mol. The summed E-state index contributed by atoms with van der Waals surface area (Å²) < 4.78 is 6.28. The van der Waals surface area contributed by atoms with Gasteiger partial charge >= 0.3 is 0 Å². The molecule has 104 valence electrons. The van der Waals surface area contributed by atoms with E-state index in [-0.39, 0.29) is 0 Å². The first kappa shape index (κ1) is 13.6. The van der Waals surface area contributed by atoms with Crippen molar-refractivity contribution in [3.05, 3.63) is 33.0 Å². The van der Waals surface area contributed by atoms with Crippen LogP contribution in [0.1, 0.15) is 30.0 Å². The Hall–Kier alpha value is -1.37. The van der Waals surface area contributed by atoms with Crippen LogP contribution < -0.4 is 10.5 Å². The first-order chi connectivity index (χ1) is 9.60. The molecule has 1 aromatic heterocycles. The third kappa shape index (κ3) is 2.46. The van der Waals surface area contributed by atoms with Crippen LogP contribution in [-0.2, 0) is 0 Å². The molecule has 2 aromatic rings. The molecule has 0 atom stereocenters. The molecule has 0 spiro atoms. The fourth-order valence-corrected chi connectivity index (χ4v) is 2.94. The summed E-state index contributed by atoms with van der Waals surface area (Å²) in [7, 11) is 1.67. The van der Waals surface area contributed by atoms with E-state index in [9.17, 15) is 0 Å². The highest BCUT2D eigenvalue weighted by Gasteiger charge is 2.29. The van der Waals surface area contributed by atoms with Crippen LogP contribution in [0.25, 0.3) is 11.4 Å². The molecule has 3 rings (SSSR count). The first-order valence-electron chi connectivity index (χ1n) is 6.58. The van der Waals surface area contributed by atoms with Gasteiger partial charge in [0.25, 0.3) is 0 Å². The fraction of sp³-hybridized carbons (Fsp3) is 0.333. The summed E-state index contributed by atoms with van der Waals surface area (Å²) >= 11 is 2.24. The monoisotopic (exact) mass is 381 g/mol. The zero-order valence-corrected chi connectivity index (χ0v) is 13.6. The number of nitrogen functional groups attached to an aromatic ring is 1. The molecule has 2 N–H and O–H groups in total. The quantitative estimate of drug-likeness (QED) is 0.827. The summed E-state index contributed by atoms with van der Waals surface area (Å²) in [5.41, 5.74) is 9.18. The number of hydrogen-bond acceptors (Lipinski definition) is 4. The van der Waals surface area contributed by atoms with Gasteiger partial charge in [0.05, 0.1) is 16.4 Å². The predicted molar refractivity (Wildman–Crippen MR) is 87.9 cm³/mol. The van der Waals surface area contributed by atoms with Gasteiger partial charge < -0.3 is 10.5 Å². The number of aromatic nitrogens is 2. The predicted octanol–water partition coefficient (Wildman–Crippen LogP) is 3.52. The Morgan fingerprint density at radius 2 is 2.05 bits per heavy atom. The summed E-state index contributed by atoms with van der Waals surface area (Å²) in [5.74, 6) is 2.71. The van der Waals surface area contributed by atoms with Gasteiger partial charge in [-0.2, -0.15) is 0 Å². The summed E-state index contributed by atoms with van der Waals surface area (Å²) in [6.45, 7) is 2.01. The van der Waals surface area contributed by atoms with E-state index >= 15 is 0 Å². The average Bonchev–Trinajstić information content (AvgIpc) is 3.26. The van der Waals surface area contributed by atoms with Crippen LogP contribution in [0.5, 0.6) is 5.75 Å². The van der Waals surface area contributed by atoms with Gasteiger partial charge in [0, 0.05) is 11.5 Å². The number of benzene rings is 1. The Morgan fingerprint density at radius 3 is 2.65 bits per heavy atom. The van der Waals surface area contributed by atoms with Crippen LogP contribution in [0, 0.1) is 10.5 Å². The van der Waals surface area contributed by atoms with Crippen molar-refractivity contribution in [1.29, 1.82) is 0 Å². The molecule has 1 aromatic carbocycles. The molecule has 20 heavy (non-hydrogen) atoms. The highest BCUT2D eigenvalue weighted by atomic mass is 127. The number of nitrogens with zero attached hydrogens (tertiary/aromatic N) is 2. The van der Waals surface area contributed by atoms with E-state index < -0.39 is 0 Å². The third-order valence-electron chi connectivity index (χ3n) is 3.52. The molecular formula is C15H16IN3O. The van der Waals surface area contributed by atoms with Crippen molar-refractivity contribution in [3.8, 4) is 17.1 Å². The number of nitrogens with two attached hydrogens (primary N) is 1. The number of methoxy groups -OCH3 is 1. The molecule has 0 unspecified atom stereocenters. The average molecular weight is 381 g/mol. The Kier molecular flexibility index (Phi) is 3.54. The van der Waals surface area contributed by atoms with Crippen LogP contribution in [0.2, 0.25) is 0 Å². The Bertz CT molecular complexity index is 668. The summed E-state index contributed by atoms with van der Waals surface area (Å²) in [6, 6.07) is 5.96. The van der Waals surface area contributed by atoms with E-state index in [2.05, 4.69) is 27.6 Å². The van der Waals surface area contributed by atoms with Gasteiger partial charge in [-0.25, -0.2) is 9.97 Å². The Balaban J connectivity index is 2.07. The molecule has 1 aliphatic rings. The van der Waals surface area contributed by atoms with Crippen molar-refractivity contribution >= 4 is 28.4 Å². The molecule has 5 heteroatoms. The van der Waals surface area contributed by atoms with E-state index in [1.165, 1.54) is 12.8 Å². The Morgan fingerprint density at radius 1 is 1.30 bits per heavy atom. The van der Waals surface area contributed by atoms with Gasteiger partial charge in [0.1, 0.15) is 11.6 Å². The maximum Gasteiger partial charge on any atom is 0.161 e. The lowest BCUT2D eigenvalue weighted by Crippen LogP contribution is -2.04. The maximum absolute atomic E-state index is 6.04. The minimum atomic E-state index is 0.560. The molecule has 4 nitrogen and oxygen atoms in total. The summed E-state index contributed by atoms with van der Waals surface area (Å²) in [4.78, 5) is 9.15. The SMILES string of the molecule is COc1ccc(-c2nc(N)c(I)c(C3CC3)n2)cc1C. The van der Waals surface area contributed by atoms with E-state index in [0.717, 1.165) is 26.1 Å². The number of aryl methyl sites for hydroxylation is 1. The Labute approximate surface area is 131 Å². The van der Waals surface area contributed by atoms with Crippen LogP contribution in [0.15, 0.2) is 18.2 Å². The van der Waals surface area contributed by atoms with E-state index in [1.54, 1.807) is 7.11 Å². The topological polar surface area (TPSA) is 61.0 Å². The second kappa shape index (κ2) is 5.20. The smallest absolute Gasteiger partial charge is 0.161 e. The molecule has 1 aliphatic carbocycles. The molecule has 0 amide bonds. The van der Waals surface area contributed by atoms with Crippen molar-refractivity contribution in [2.75, 3.05) is 12.8 Å². The summed E-state index contributed by atoms with van der Waals surface area (Å²) in [6.07, 6.45) is 2.40. The van der Waals surface area contributed by atoms with Gasteiger partial charge in [0.15, 0.2) is 5.82 Å². The maximum atomic E-state index is 6.04. The van der Waals surface area contributed by atoms with Gasteiger partial charge in [-0.15, -0.1) is 0 Å². The van der Waals surface area contributed by atoms with Crippen molar-refractivity contribution in [1.82, 2.24) is 9.97 Å². The number of hydrogen-bond donors (Lipinski definition) is 1. The highest BCUT2D eigenvalue weighted by Crippen LogP contribution is 2.42. The molecule has 0 bridgehead atoms. The number of ether oxygens (including phenoxy) is 1. The zero-order chi connectivity index (χ0) is 14.3. The lowest BCUT2D eigenvalue weighted by atomic mass is 10.1. The van der Waals surface area contributed by atoms with E-state index in [0.29, 0.717) is 17.6 Å². The first-order valence-corrected chi connectivity index (χ1v) is 7.66. The van der Waals surface area contributed by atoms with Gasteiger partial charge in [-0.05, 0) is 66.1 Å². The van der Waals surface area contributed by atoms with Crippen LogP contribution in [0.4, 0.5) is 5.82 Å². The van der Waals surface area contributed by atoms with Crippen molar-refractivity contribution < 1.29 is 4.74 Å². The second-order valence-electron chi connectivity index (χ2n) is 5.09. The minimum Gasteiger partial charge on any atom is -0.496 e. The highest BCUT2D eigenvalue weighted by molar-refractivity contribution is 14.1. The number of anilines is 1. The van der Waals surface area contributed by atoms with Crippen LogP contribution in [0.3, 0.4) is 0 Å².